The summed E-state index contributed by atoms with van der Waals surface area (Å²) in [5.74, 6) is 4.95. The van der Waals surface area contributed by atoms with Crippen molar-refractivity contribution in [3.8, 4) is 5.88 Å². The standard InChI is InChI=1S/C12H18F3N3O/c1-2-3-4-5-6-19-11-8-9(12(13,14)15)7-10(17-11)18-16/h7-8H,2-6,16H2,1H3,(H,17,18). The molecule has 0 aliphatic carbocycles. The van der Waals surface area contributed by atoms with Crippen LogP contribution in [0, 0.1) is 0 Å². The van der Waals surface area contributed by atoms with Crippen LogP contribution in [0.1, 0.15) is 38.2 Å². The highest BCUT2D eigenvalue weighted by Gasteiger charge is 2.31. The van der Waals surface area contributed by atoms with E-state index in [1.807, 2.05) is 0 Å². The number of hydrazine groups is 1. The van der Waals surface area contributed by atoms with E-state index in [1.165, 1.54) is 0 Å². The summed E-state index contributed by atoms with van der Waals surface area (Å²) in [5.41, 5.74) is 1.27. The van der Waals surface area contributed by atoms with Crippen LogP contribution in [0.5, 0.6) is 5.88 Å². The lowest BCUT2D eigenvalue weighted by Crippen LogP contribution is -2.13. The Balaban J connectivity index is 2.67. The molecule has 1 aromatic heterocycles. The van der Waals surface area contributed by atoms with Crippen molar-refractivity contribution in [1.82, 2.24) is 4.98 Å². The molecule has 0 spiro atoms. The molecule has 0 aliphatic heterocycles. The van der Waals surface area contributed by atoms with Crippen LogP contribution in [0.15, 0.2) is 12.1 Å². The number of alkyl halides is 3. The van der Waals surface area contributed by atoms with Crippen molar-refractivity contribution in [2.75, 3.05) is 12.0 Å². The zero-order chi connectivity index (χ0) is 14.3. The first-order chi connectivity index (χ1) is 8.97. The molecule has 19 heavy (non-hydrogen) atoms. The van der Waals surface area contributed by atoms with Crippen LogP contribution in [0.3, 0.4) is 0 Å². The second-order valence-electron chi connectivity index (χ2n) is 4.13. The fraction of sp³-hybridized carbons (Fsp3) is 0.583. The Morgan fingerprint density at radius 1 is 1.26 bits per heavy atom. The van der Waals surface area contributed by atoms with Crippen LogP contribution in [0.2, 0.25) is 0 Å². The molecule has 108 valence electrons. The molecule has 1 heterocycles. The van der Waals surface area contributed by atoms with Crippen molar-refractivity contribution in [3.63, 3.8) is 0 Å². The topological polar surface area (TPSA) is 60.2 Å². The summed E-state index contributed by atoms with van der Waals surface area (Å²) in [6, 6.07) is 1.71. The Bertz CT molecular complexity index is 396. The minimum atomic E-state index is -4.45. The number of aromatic nitrogens is 1. The van der Waals surface area contributed by atoms with Crippen molar-refractivity contribution >= 4 is 5.82 Å². The van der Waals surface area contributed by atoms with Gasteiger partial charge in [-0.05, 0) is 12.5 Å². The van der Waals surface area contributed by atoms with Gasteiger partial charge in [0, 0.05) is 6.07 Å². The van der Waals surface area contributed by atoms with E-state index in [4.69, 9.17) is 10.6 Å². The van der Waals surface area contributed by atoms with E-state index in [9.17, 15) is 13.2 Å². The summed E-state index contributed by atoms with van der Waals surface area (Å²) in [7, 11) is 0. The summed E-state index contributed by atoms with van der Waals surface area (Å²) in [5, 5.41) is 0. The average molecular weight is 277 g/mol. The highest BCUT2D eigenvalue weighted by Crippen LogP contribution is 2.32. The van der Waals surface area contributed by atoms with Gasteiger partial charge in [0.05, 0.1) is 12.2 Å². The van der Waals surface area contributed by atoms with E-state index >= 15 is 0 Å². The number of hydrogen-bond donors (Lipinski definition) is 2. The Morgan fingerprint density at radius 2 is 2.00 bits per heavy atom. The lowest BCUT2D eigenvalue weighted by molar-refractivity contribution is -0.137. The van der Waals surface area contributed by atoms with Gasteiger partial charge in [-0.3, -0.25) is 0 Å². The zero-order valence-electron chi connectivity index (χ0n) is 10.8. The average Bonchev–Trinajstić information content (AvgIpc) is 2.37. The molecule has 0 amide bonds. The molecule has 0 radical (unpaired) electrons. The molecular weight excluding hydrogens is 259 g/mol. The predicted octanol–water partition coefficient (Wildman–Crippen LogP) is 3.35. The fourth-order valence-electron chi connectivity index (χ4n) is 1.52. The number of ether oxygens (including phenoxy) is 1. The Kier molecular flexibility index (Phi) is 5.88. The molecule has 1 aromatic rings. The number of anilines is 1. The maximum Gasteiger partial charge on any atom is 0.416 e. The molecule has 0 aliphatic rings. The van der Waals surface area contributed by atoms with Crippen molar-refractivity contribution in [2.24, 2.45) is 5.84 Å². The SMILES string of the molecule is CCCCCCOc1cc(C(F)(F)F)cc(NN)n1. The monoisotopic (exact) mass is 277 g/mol. The number of nitrogen functional groups attached to an aromatic ring is 1. The van der Waals surface area contributed by atoms with Crippen LogP contribution >= 0.6 is 0 Å². The summed E-state index contributed by atoms with van der Waals surface area (Å²) in [6.07, 6.45) is -0.512. The van der Waals surface area contributed by atoms with E-state index in [-0.39, 0.29) is 11.7 Å². The number of pyridine rings is 1. The zero-order valence-corrected chi connectivity index (χ0v) is 10.8. The molecule has 4 nitrogen and oxygen atoms in total. The van der Waals surface area contributed by atoms with Crippen molar-refractivity contribution < 1.29 is 17.9 Å². The smallest absolute Gasteiger partial charge is 0.416 e. The van der Waals surface area contributed by atoms with Gasteiger partial charge in [-0.1, -0.05) is 26.2 Å². The highest BCUT2D eigenvalue weighted by atomic mass is 19.4. The summed E-state index contributed by atoms with van der Waals surface area (Å²) in [6.45, 7) is 2.42. The molecule has 0 fully saturated rings. The lowest BCUT2D eigenvalue weighted by Gasteiger charge is -2.11. The number of hydrogen-bond acceptors (Lipinski definition) is 4. The van der Waals surface area contributed by atoms with Gasteiger partial charge in [0.15, 0.2) is 0 Å². The first-order valence-electron chi connectivity index (χ1n) is 6.16. The largest absolute Gasteiger partial charge is 0.478 e. The van der Waals surface area contributed by atoms with Crippen molar-refractivity contribution in [1.29, 1.82) is 0 Å². The maximum atomic E-state index is 12.6. The quantitative estimate of drug-likeness (QED) is 0.456. The third-order valence-corrected chi connectivity index (χ3v) is 2.52. The van der Waals surface area contributed by atoms with E-state index in [1.54, 1.807) is 0 Å². The van der Waals surface area contributed by atoms with Gasteiger partial charge < -0.3 is 10.2 Å². The molecular formula is C12H18F3N3O. The van der Waals surface area contributed by atoms with Crippen LogP contribution in [0.25, 0.3) is 0 Å². The first kappa shape index (κ1) is 15.6. The molecule has 0 unspecified atom stereocenters. The number of nitrogens with one attached hydrogen (secondary N) is 1. The second-order valence-corrected chi connectivity index (χ2v) is 4.13. The number of nitrogens with two attached hydrogens (primary N) is 1. The van der Waals surface area contributed by atoms with Gasteiger partial charge in [-0.25, -0.2) is 5.84 Å². The number of nitrogens with zero attached hydrogens (tertiary/aromatic N) is 1. The van der Waals surface area contributed by atoms with Gasteiger partial charge in [0.1, 0.15) is 5.82 Å². The summed E-state index contributed by atoms with van der Waals surface area (Å²) < 4.78 is 43.1. The molecule has 0 aromatic carbocycles. The molecule has 0 atom stereocenters. The first-order valence-corrected chi connectivity index (χ1v) is 6.16. The molecule has 0 bridgehead atoms. The maximum absolute atomic E-state index is 12.6. The van der Waals surface area contributed by atoms with Gasteiger partial charge in [-0.15, -0.1) is 0 Å². The fourth-order valence-corrected chi connectivity index (χ4v) is 1.52. The van der Waals surface area contributed by atoms with E-state index in [2.05, 4.69) is 17.3 Å². The molecule has 0 saturated heterocycles. The van der Waals surface area contributed by atoms with Crippen molar-refractivity contribution in [2.45, 2.75) is 38.8 Å². The van der Waals surface area contributed by atoms with Gasteiger partial charge >= 0.3 is 6.18 Å². The van der Waals surface area contributed by atoms with Gasteiger partial charge in [-0.2, -0.15) is 18.2 Å². The van der Waals surface area contributed by atoms with Crippen LogP contribution in [-0.2, 0) is 6.18 Å². The molecule has 0 saturated carbocycles. The number of unbranched alkanes of at least 4 members (excludes halogenated alkanes) is 3. The molecule has 3 N–H and O–H groups in total. The van der Waals surface area contributed by atoms with Crippen LogP contribution in [-0.4, -0.2) is 11.6 Å². The van der Waals surface area contributed by atoms with Gasteiger partial charge in [0.2, 0.25) is 5.88 Å². The van der Waals surface area contributed by atoms with E-state index < -0.39 is 11.7 Å². The number of rotatable bonds is 7. The minimum Gasteiger partial charge on any atom is -0.478 e. The van der Waals surface area contributed by atoms with Crippen LogP contribution < -0.4 is 16.0 Å². The normalized spacial score (nSPS) is 11.4. The van der Waals surface area contributed by atoms with Crippen LogP contribution in [0.4, 0.5) is 19.0 Å². The summed E-state index contributed by atoms with van der Waals surface area (Å²) >= 11 is 0. The number of halogens is 3. The minimum absolute atomic E-state index is 0.0701. The lowest BCUT2D eigenvalue weighted by atomic mass is 10.2. The van der Waals surface area contributed by atoms with Crippen molar-refractivity contribution in [3.05, 3.63) is 17.7 Å². The third kappa shape index (κ3) is 5.34. The third-order valence-electron chi connectivity index (χ3n) is 2.52. The predicted molar refractivity (Wildman–Crippen MR) is 66.7 cm³/mol. The Hall–Kier alpha value is -1.50. The van der Waals surface area contributed by atoms with E-state index in [0.717, 1.165) is 37.8 Å². The molecule has 7 heteroatoms. The second kappa shape index (κ2) is 7.18. The summed E-state index contributed by atoms with van der Waals surface area (Å²) in [4.78, 5) is 3.82. The Morgan fingerprint density at radius 3 is 2.58 bits per heavy atom. The molecule has 1 rings (SSSR count). The highest BCUT2D eigenvalue weighted by molar-refractivity contribution is 5.41. The Labute approximate surface area is 110 Å². The van der Waals surface area contributed by atoms with Gasteiger partial charge in [0.25, 0.3) is 0 Å². The van der Waals surface area contributed by atoms with E-state index in [0.29, 0.717) is 6.61 Å².